The number of benzene rings is 1. The van der Waals surface area contributed by atoms with Crippen LogP contribution in [0.15, 0.2) is 28.7 Å². The molecule has 4 nitrogen and oxygen atoms in total. The summed E-state index contributed by atoms with van der Waals surface area (Å²) in [5.74, 6) is 1.28. The first-order chi connectivity index (χ1) is 8.61. The van der Waals surface area contributed by atoms with Crippen LogP contribution in [0.1, 0.15) is 11.5 Å². The van der Waals surface area contributed by atoms with Crippen LogP contribution < -0.4 is 4.90 Å². The average molecular weight is 241 g/mol. The highest BCUT2D eigenvalue weighted by molar-refractivity contribution is 5.59. The van der Waals surface area contributed by atoms with Crippen molar-refractivity contribution in [3.05, 3.63) is 35.7 Å². The van der Waals surface area contributed by atoms with Gasteiger partial charge in [-0.05, 0) is 31.2 Å². The number of hydrogen-bond donors (Lipinski definition) is 0. The van der Waals surface area contributed by atoms with Gasteiger partial charge in [0.05, 0.1) is 18.2 Å². The number of oxazole rings is 1. The van der Waals surface area contributed by atoms with Gasteiger partial charge in [0.2, 0.25) is 5.89 Å². The van der Waals surface area contributed by atoms with Gasteiger partial charge in [-0.25, -0.2) is 4.98 Å². The highest BCUT2D eigenvalue weighted by Gasteiger charge is 2.10. The molecule has 1 aromatic carbocycles. The summed E-state index contributed by atoms with van der Waals surface area (Å²) in [6.07, 6.45) is 0.283. The third-order valence-corrected chi connectivity index (χ3v) is 2.77. The monoisotopic (exact) mass is 241 g/mol. The minimum absolute atomic E-state index is 0.283. The Morgan fingerprint density at radius 1 is 1.28 bits per heavy atom. The first-order valence-corrected chi connectivity index (χ1v) is 5.73. The maximum Gasteiger partial charge on any atom is 0.226 e. The van der Waals surface area contributed by atoms with Gasteiger partial charge in [0.15, 0.2) is 0 Å². The highest BCUT2D eigenvalue weighted by Crippen LogP contribution is 2.24. The first kappa shape index (κ1) is 12.2. The van der Waals surface area contributed by atoms with Crippen molar-refractivity contribution in [2.45, 2.75) is 13.3 Å². The lowest BCUT2D eigenvalue weighted by Gasteiger charge is -2.11. The van der Waals surface area contributed by atoms with Crippen LogP contribution in [0.2, 0.25) is 0 Å². The van der Waals surface area contributed by atoms with Crippen molar-refractivity contribution in [1.29, 1.82) is 5.26 Å². The molecule has 18 heavy (non-hydrogen) atoms. The zero-order chi connectivity index (χ0) is 13.1. The van der Waals surface area contributed by atoms with Gasteiger partial charge >= 0.3 is 0 Å². The fourth-order valence-electron chi connectivity index (χ4n) is 1.69. The lowest BCUT2D eigenvalue weighted by molar-refractivity contribution is 0.540. The second-order valence-electron chi connectivity index (χ2n) is 4.30. The predicted octanol–water partition coefficient (Wildman–Crippen LogP) is 2.78. The SMILES string of the molecule is Cc1oc(-c2ccc(N(C)C)cc2)nc1CC#N. The van der Waals surface area contributed by atoms with Crippen molar-refractivity contribution in [3.63, 3.8) is 0 Å². The third-order valence-electron chi connectivity index (χ3n) is 2.77. The molecule has 2 rings (SSSR count). The summed E-state index contributed by atoms with van der Waals surface area (Å²) < 4.78 is 5.58. The van der Waals surface area contributed by atoms with Crippen molar-refractivity contribution < 1.29 is 4.42 Å². The molecule has 0 unspecified atom stereocenters. The summed E-state index contributed by atoms with van der Waals surface area (Å²) in [4.78, 5) is 6.37. The zero-order valence-corrected chi connectivity index (χ0v) is 10.8. The number of aromatic nitrogens is 1. The topological polar surface area (TPSA) is 53.1 Å². The second-order valence-corrected chi connectivity index (χ2v) is 4.30. The molecule has 4 heteroatoms. The van der Waals surface area contributed by atoms with E-state index in [1.807, 2.05) is 50.2 Å². The smallest absolute Gasteiger partial charge is 0.226 e. The number of rotatable bonds is 3. The maximum atomic E-state index is 8.68. The van der Waals surface area contributed by atoms with Crippen LogP contribution in [0.4, 0.5) is 5.69 Å². The molecule has 1 heterocycles. The van der Waals surface area contributed by atoms with Gasteiger partial charge in [0, 0.05) is 25.3 Å². The molecule has 1 aromatic heterocycles. The minimum Gasteiger partial charge on any atom is -0.441 e. The van der Waals surface area contributed by atoms with E-state index in [0.29, 0.717) is 17.3 Å². The van der Waals surface area contributed by atoms with E-state index in [9.17, 15) is 0 Å². The van der Waals surface area contributed by atoms with Crippen LogP contribution in [-0.2, 0) is 6.42 Å². The largest absolute Gasteiger partial charge is 0.441 e. The second kappa shape index (κ2) is 4.92. The molecule has 0 aliphatic heterocycles. The molecule has 0 spiro atoms. The number of nitriles is 1. The highest BCUT2D eigenvalue weighted by atomic mass is 16.4. The molecule has 2 aromatic rings. The number of anilines is 1. The molecular weight excluding hydrogens is 226 g/mol. The summed E-state index contributed by atoms with van der Waals surface area (Å²) in [5.41, 5.74) is 2.76. The van der Waals surface area contributed by atoms with Crippen LogP contribution in [0.3, 0.4) is 0 Å². The van der Waals surface area contributed by atoms with Gasteiger partial charge in [-0.2, -0.15) is 5.26 Å². The van der Waals surface area contributed by atoms with E-state index >= 15 is 0 Å². The normalized spacial score (nSPS) is 10.1. The van der Waals surface area contributed by atoms with E-state index in [4.69, 9.17) is 9.68 Å². The molecule has 0 saturated carbocycles. The van der Waals surface area contributed by atoms with Gasteiger partial charge in [-0.1, -0.05) is 0 Å². The third kappa shape index (κ3) is 2.35. The van der Waals surface area contributed by atoms with Gasteiger partial charge in [0.1, 0.15) is 5.76 Å². The summed E-state index contributed by atoms with van der Waals surface area (Å²) >= 11 is 0. The van der Waals surface area contributed by atoms with Gasteiger partial charge in [0.25, 0.3) is 0 Å². The Hall–Kier alpha value is -2.28. The van der Waals surface area contributed by atoms with Gasteiger partial charge in [-0.3, -0.25) is 0 Å². The summed E-state index contributed by atoms with van der Waals surface area (Å²) in [7, 11) is 3.99. The van der Waals surface area contributed by atoms with E-state index in [1.165, 1.54) is 0 Å². The average Bonchev–Trinajstić information content (AvgIpc) is 2.72. The van der Waals surface area contributed by atoms with Crippen LogP contribution >= 0.6 is 0 Å². The Labute approximate surface area is 106 Å². The van der Waals surface area contributed by atoms with Crippen LogP contribution in [-0.4, -0.2) is 19.1 Å². The Bertz CT molecular complexity index is 576. The summed E-state index contributed by atoms with van der Waals surface area (Å²) in [5, 5.41) is 8.68. The first-order valence-electron chi connectivity index (χ1n) is 5.73. The van der Waals surface area contributed by atoms with E-state index < -0.39 is 0 Å². The van der Waals surface area contributed by atoms with Crippen molar-refractivity contribution in [2.75, 3.05) is 19.0 Å². The van der Waals surface area contributed by atoms with Crippen molar-refractivity contribution in [3.8, 4) is 17.5 Å². The quantitative estimate of drug-likeness (QED) is 0.829. The van der Waals surface area contributed by atoms with Gasteiger partial charge in [-0.15, -0.1) is 0 Å². The Kier molecular flexibility index (Phi) is 3.33. The number of nitrogens with zero attached hydrogens (tertiary/aromatic N) is 3. The number of hydrogen-bond acceptors (Lipinski definition) is 4. The fraction of sp³-hybridized carbons (Fsp3) is 0.286. The maximum absolute atomic E-state index is 8.68. The van der Waals surface area contributed by atoms with Crippen LogP contribution in [0.5, 0.6) is 0 Å². The lowest BCUT2D eigenvalue weighted by Crippen LogP contribution is -2.07. The van der Waals surface area contributed by atoms with E-state index in [0.717, 1.165) is 11.3 Å². The Morgan fingerprint density at radius 3 is 2.50 bits per heavy atom. The Balaban J connectivity index is 2.31. The van der Waals surface area contributed by atoms with Crippen molar-refractivity contribution in [2.24, 2.45) is 0 Å². The molecule has 0 amide bonds. The molecule has 0 saturated heterocycles. The summed E-state index contributed by atoms with van der Waals surface area (Å²) in [6, 6.07) is 10.0. The van der Waals surface area contributed by atoms with E-state index in [-0.39, 0.29) is 6.42 Å². The van der Waals surface area contributed by atoms with Crippen LogP contribution in [0, 0.1) is 18.3 Å². The molecular formula is C14H15N3O. The molecule has 0 N–H and O–H groups in total. The predicted molar refractivity (Wildman–Crippen MR) is 70.3 cm³/mol. The van der Waals surface area contributed by atoms with Crippen LogP contribution in [0.25, 0.3) is 11.5 Å². The van der Waals surface area contributed by atoms with Gasteiger partial charge < -0.3 is 9.32 Å². The Morgan fingerprint density at radius 2 is 1.94 bits per heavy atom. The molecule has 0 aliphatic carbocycles. The molecule has 0 radical (unpaired) electrons. The molecule has 0 aliphatic rings. The van der Waals surface area contributed by atoms with E-state index in [1.54, 1.807) is 0 Å². The zero-order valence-electron chi connectivity index (χ0n) is 10.8. The van der Waals surface area contributed by atoms with E-state index in [2.05, 4.69) is 11.1 Å². The van der Waals surface area contributed by atoms with Crippen molar-refractivity contribution in [1.82, 2.24) is 4.98 Å². The molecule has 0 bridgehead atoms. The molecule has 92 valence electrons. The standard InChI is InChI=1S/C14H15N3O/c1-10-13(8-9-15)16-14(18-10)11-4-6-12(7-5-11)17(2)3/h4-7H,8H2,1-3H3. The minimum atomic E-state index is 0.283. The fourth-order valence-corrected chi connectivity index (χ4v) is 1.69. The molecule has 0 atom stereocenters. The number of aryl methyl sites for hydroxylation is 1. The summed E-state index contributed by atoms with van der Waals surface area (Å²) in [6.45, 7) is 1.83. The van der Waals surface area contributed by atoms with Crippen molar-refractivity contribution >= 4 is 5.69 Å². The lowest BCUT2D eigenvalue weighted by atomic mass is 10.2. The molecule has 0 fully saturated rings.